The zero-order valence-electron chi connectivity index (χ0n) is 17.4. The maximum atomic E-state index is 14.0. The van der Waals surface area contributed by atoms with Gasteiger partial charge in [0.1, 0.15) is 11.6 Å². The minimum absolute atomic E-state index is 0.0568. The highest BCUT2D eigenvalue weighted by Gasteiger charge is 2.46. The fraction of sp³-hybridized carbons (Fsp3) is 0.478. The van der Waals surface area contributed by atoms with Crippen LogP contribution in [0, 0.1) is 17.6 Å². The van der Waals surface area contributed by atoms with Gasteiger partial charge in [-0.25, -0.2) is 17.6 Å². The first kappa shape index (κ1) is 21.2. The number of alkyl halides is 2. The van der Waals surface area contributed by atoms with Crippen molar-refractivity contribution in [2.45, 2.75) is 43.7 Å². The van der Waals surface area contributed by atoms with Crippen LogP contribution in [0.3, 0.4) is 0 Å². The predicted molar refractivity (Wildman–Crippen MR) is 112 cm³/mol. The first-order valence-electron chi connectivity index (χ1n) is 10.9. The predicted octanol–water partition coefficient (Wildman–Crippen LogP) is 3.74. The van der Waals surface area contributed by atoms with Crippen LogP contribution in [-0.2, 0) is 0 Å². The van der Waals surface area contributed by atoms with Gasteiger partial charge in [0.25, 0.3) is 5.91 Å². The van der Waals surface area contributed by atoms with Gasteiger partial charge in [0.15, 0.2) is 0 Å². The number of amides is 1. The quantitative estimate of drug-likeness (QED) is 0.685. The minimum atomic E-state index is -2.48. The van der Waals surface area contributed by atoms with Gasteiger partial charge in [-0.1, -0.05) is 0 Å². The molecule has 32 heavy (non-hydrogen) atoms. The summed E-state index contributed by atoms with van der Waals surface area (Å²) in [4.78, 5) is 19.3. The van der Waals surface area contributed by atoms with Gasteiger partial charge in [0, 0.05) is 54.6 Å². The zero-order chi connectivity index (χ0) is 22.5. The molecule has 5 nitrogen and oxygen atoms in total. The van der Waals surface area contributed by atoms with Crippen LogP contribution in [0.5, 0.6) is 0 Å². The second-order valence-corrected chi connectivity index (χ2v) is 9.04. The molecule has 1 amide bonds. The SMILES string of the molecule is O=C(N[C@@H]1C[C@H]1C(F)F)c1cncc(-c2cc(F)cc(F)c2)c1N1CC[C@@]2(CCCN2)C1. The van der Waals surface area contributed by atoms with Crippen molar-refractivity contribution in [1.82, 2.24) is 15.6 Å². The summed E-state index contributed by atoms with van der Waals surface area (Å²) in [6, 6.07) is 2.63. The van der Waals surface area contributed by atoms with E-state index in [-0.39, 0.29) is 23.1 Å². The fourth-order valence-electron chi connectivity index (χ4n) is 5.07. The molecule has 1 aliphatic carbocycles. The van der Waals surface area contributed by atoms with Crippen LogP contribution in [-0.4, -0.2) is 48.5 Å². The number of pyridine rings is 1. The van der Waals surface area contributed by atoms with Gasteiger partial charge in [0.05, 0.1) is 11.3 Å². The number of hydrogen-bond acceptors (Lipinski definition) is 4. The first-order valence-corrected chi connectivity index (χ1v) is 10.9. The van der Waals surface area contributed by atoms with Crippen molar-refractivity contribution in [3.8, 4) is 11.1 Å². The van der Waals surface area contributed by atoms with E-state index in [1.807, 2.05) is 4.90 Å². The molecule has 0 unspecified atom stereocenters. The zero-order valence-corrected chi connectivity index (χ0v) is 17.4. The van der Waals surface area contributed by atoms with Crippen LogP contribution < -0.4 is 15.5 Å². The van der Waals surface area contributed by atoms with E-state index in [1.165, 1.54) is 24.5 Å². The monoisotopic (exact) mass is 448 g/mol. The number of nitrogens with zero attached hydrogens (tertiary/aromatic N) is 2. The Morgan fingerprint density at radius 2 is 1.97 bits per heavy atom. The maximum absolute atomic E-state index is 14.0. The molecule has 5 rings (SSSR count). The molecule has 3 aliphatic rings. The molecule has 0 radical (unpaired) electrons. The highest BCUT2D eigenvalue weighted by atomic mass is 19.3. The van der Waals surface area contributed by atoms with Gasteiger partial charge in [-0.05, 0) is 49.9 Å². The summed E-state index contributed by atoms with van der Waals surface area (Å²) in [6.45, 7) is 2.23. The van der Waals surface area contributed by atoms with E-state index in [0.29, 0.717) is 24.3 Å². The molecule has 3 atom stereocenters. The topological polar surface area (TPSA) is 57.3 Å². The smallest absolute Gasteiger partial charge is 0.255 e. The molecule has 1 spiro atoms. The van der Waals surface area contributed by atoms with Crippen molar-refractivity contribution < 1.29 is 22.4 Å². The van der Waals surface area contributed by atoms with Crippen LogP contribution in [0.4, 0.5) is 23.2 Å². The molecular formula is C23H24F4N4O. The Bertz CT molecular complexity index is 1020. The number of hydrogen-bond donors (Lipinski definition) is 2. The van der Waals surface area contributed by atoms with E-state index in [2.05, 4.69) is 15.6 Å². The summed E-state index contributed by atoms with van der Waals surface area (Å²) in [7, 11) is 0. The van der Waals surface area contributed by atoms with E-state index in [1.54, 1.807) is 0 Å². The summed E-state index contributed by atoms with van der Waals surface area (Å²) in [6.07, 6.45) is 3.60. The van der Waals surface area contributed by atoms with Crippen LogP contribution in [0.2, 0.25) is 0 Å². The Morgan fingerprint density at radius 3 is 2.62 bits per heavy atom. The van der Waals surface area contributed by atoms with Crippen LogP contribution in [0.1, 0.15) is 36.0 Å². The summed E-state index contributed by atoms with van der Waals surface area (Å²) < 4.78 is 53.8. The second-order valence-electron chi connectivity index (χ2n) is 9.04. The van der Waals surface area contributed by atoms with E-state index in [4.69, 9.17) is 0 Å². The third-order valence-corrected chi connectivity index (χ3v) is 6.82. The third kappa shape index (κ3) is 3.94. The standard InChI is InChI=1S/C23H24F4N4O/c24-14-6-13(7-15(25)8-14)17-10-28-11-18(22(32)30-19-9-16(19)21(26)27)20(17)31-5-3-23(12-31)2-1-4-29-23/h6-8,10-11,16,19,21,29H,1-5,9,12H2,(H,30,32)/t16-,19-,23+/m1/s1. The van der Waals surface area contributed by atoms with Crippen molar-refractivity contribution in [1.29, 1.82) is 0 Å². The Kier molecular flexibility index (Phi) is 5.31. The van der Waals surface area contributed by atoms with Gasteiger partial charge in [0.2, 0.25) is 6.43 Å². The average Bonchev–Trinajstić information content (AvgIpc) is 3.18. The molecular weight excluding hydrogens is 424 g/mol. The third-order valence-electron chi connectivity index (χ3n) is 6.82. The molecule has 2 aliphatic heterocycles. The summed E-state index contributed by atoms with van der Waals surface area (Å²) in [5, 5.41) is 6.24. The Morgan fingerprint density at radius 1 is 1.19 bits per heavy atom. The van der Waals surface area contributed by atoms with E-state index >= 15 is 0 Å². The largest absolute Gasteiger partial charge is 0.368 e. The Hall–Kier alpha value is -2.68. The Labute approximate surface area is 183 Å². The van der Waals surface area contributed by atoms with Crippen molar-refractivity contribution in [3.05, 3.63) is 47.8 Å². The highest BCUT2D eigenvalue weighted by molar-refractivity contribution is 6.03. The highest BCUT2D eigenvalue weighted by Crippen LogP contribution is 2.41. The molecule has 170 valence electrons. The molecule has 1 aromatic heterocycles. The van der Waals surface area contributed by atoms with Crippen LogP contribution in [0.25, 0.3) is 11.1 Å². The van der Waals surface area contributed by atoms with Crippen molar-refractivity contribution in [3.63, 3.8) is 0 Å². The fourth-order valence-corrected chi connectivity index (χ4v) is 5.07. The number of carbonyl (C=O) groups is 1. The summed E-state index contributed by atoms with van der Waals surface area (Å²) in [5.74, 6) is -2.80. The molecule has 3 fully saturated rings. The van der Waals surface area contributed by atoms with Gasteiger partial charge >= 0.3 is 0 Å². The summed E-state index contributed by atoms with van der Waals surface area (Å²) in [5.41, 5.74) is 1.41. The number of aromatic nitrogens is 1. The number of benzene rings is 1. The first-order chi connectivity index (χ1) is 15.3. The molecule has 3 heterocycles. The second kappa shape index (κ2) is 8.03. The molecule has 1 aromatic carbocycles. The van der Waals surface area contributed by atoms with Crippen LogP contribution >= 0.6 is 0 Å². The normalized spacial score (nSPS) is 26.8. The molecule has 1 saturated carbocycles. The number of halogens is 4. The van der Waals surface area contributed by atoms with E-state index < -0.39 is 35.9 Å². The number of anilines is 1. The molecule has 2 aromatic rings. The number of nitrogens with one attached hydrogen (secondary N) is 2. The Balaban J connectivity index is 1.53. The average molecular weight is 448 g/mol. The maximum Gasteiger partial charge on any atom is 0.255 e. The van der Waals surface area contributed by atoms with Crippen molar-refractivity contribution >= 4 is 11.6 Å². The lowest BCUT2D eigenvalue weighted by molar-refractivity contribution is 0.0926. The number of carbonyl (C=O) groups excluding carboxylic acids is 1. The molecule has 0 bridgehead atoms. The lowest BCUT2D eigenvalue weighted by atomic mass is 9.96. The summed E-state index contributed by atoms with van der Waals surface area (Å²) >= 11 is 0. The van der Waals surface area contributed by atoms with Gasteiger partial charge in [-0.15, -0.1) is 0 Å². The number of rotatable bonds is 5. The van der Waals surface area contributed by atoms with E-state index in [9.17, 15) is 22.4 Å². The van der Waals surface area contributed by atoms with E-state index in [0.717, 1.165) is 31.9 Å². The van der Waals surface area contributed by atoms with Crippen molar-refractivity contribution in [2.75, 3.05) is 24.5 Å². The lowest BCUT2D eigenvalue weighted by Gasteiger charge is -2.28. The van der Waals surface area contributed by atoms with Gasteiger partial charge in [-0.2, -0.15) is 0 Å². The van der Waals surface area contributed by atoms with Crippen LogP contribution in [0.15, 0.2) is 30.6 Å². The molecule has 9 heteroatoms. The van der Waals surface area contributed by atoms with Gasteiger partial charge in [-0.3, -0.25) is 9.78 Å². The van der Waals surface area contributed by atoms with Crippen molar-refractivity contribution in [2.24, 2.45) is 5.92 Å². The molecule has 2 N–H and O–H groups in total. The lowest BCUT2D eigenvalue weighted by Crippen LogP contribution is -2.42. The van der Waals surface area contributed by atoms with Gasteiger partial charge < -0.3 is 15.5 Å². The minimum Gasteiger partial charge on any atom is -0.368 e. The molecule has 2 saturated heterocycles.